The minimum absolute atomic E-state index is 0.0970. The van der Waals surface area contributed by atoms with Gasteiger partial charge in [0.15, 0.2) is 17.6 Å². The van der Waals surface area contributed by atoms with Crippen molar-refractivity contribution in [2.24, 2.45) is 0 Å². The highest BCUT2D eigenvalue weighted by molar-refractivity contribution is 7.89. The molecule has 13 heteroatoms. The molecule has 2 fully saturated rings. The Morgan fingerprint density at radius 3 is 2.61 bits per heavy atom. The van der Waals surface area contributed by atoms with Gasteiger partial charge >= 0.3 is 0 Å². The number of rotatable bonds is 8. The van der Waals surface area contributed by atoms with Crippen molar-refractivity contribution in [1.29, 1.82) is 0 Å². The van der Waals surface area contributed by atoms with Gasteiger partial charge in [-0.25, -0.2) is 8.42 Å². The van der Waals surface area contributed by atoms with Crippen LogP contribution in [0.1, 0.15) is 60.8 Å². The maximum Gasteiger partial charge on any atom is 0.252 e. The molecule has 59 heavy (non-hydrogen) atoms. The summed E-state index contributed by atoms with van der Waals surface area (Å²) in [5.74, 6) is 0.719. The number of benzene rings is 5. The zero-order valence-corrected chi connectivity index (χ0v) is 34.0. The first kappa shape index (κ1) is 36.6. The normalized spacial score (nSPS) is 24.3. The van der Waals surface area contributed by atoms with Crippen molar-refractivity contribution in [2.45, 2.75) is 75.3 Å². The van der Waals surface area contributed by atoms with Gasteiger partial charge in [-0.1, -0.05) is 62.0 Å². The number of carbonyl (C=O) groups is 1. The Kier molecular flexibility index (Phi) is 7.93. The highest BCUT2D eigenvalue weighted by Gasteiger charge is 2.63. The topological polar surface area (TPSA) is 136 Å². The Morgan fingerprint density at radius 2 is 1.76 bits per heavy atom. The number of fused-ring (bicyclic) bond motifs is 14. The molecule has 2 saturated heterocycles. The molecule has 6 heterocycles. The predicted octanol–water partition coefficient (Wildman–Crippen LogP) is 7.27. The molecule has 1 amide bonds. The van der Waals surface area contributed by atoms with Crippen LogP contribution in [0.25, 0.3) is 54.4 Å². The van der Waals surface area contributed by atoms with E-state index in [1.54, 1.807) is 12.1 Å². The lowest BCUT2D eigenvalue weighted by molar-refractivity contribution is -0.180. The van der Waals surface area contributed by atoms with Gasteiger partial charge in [0.1, 0.15) is 17.7 Å². The third-order valence-corrected chi connectivity index (χ3v) is 15.2. The van der Waals surface area contributed by atoms with Gasteiger partial charge in [0, 0.05) is 66.0 Å². The van der Waals surface area contributed by atoms with Gasteiger partial charge in [0.05, 0.1) is 39.1 Å². The molecule has 12 nitrogen and oxygen atoms in total. The van der Waals surface area contributed by atoms with Crippen molar-refractivity contribution in [3.05, 3.63) is 108 Å². The summed E-state index contributed by atoms with van der Waals surface area (Å²) in [6, 6.07) is 25.2. The van der Waals surface area contributed by atoms with Crippen LogP contribution in [0, 0.1) is 6.92 Å². The number of nitrogens with one attached hydrogen (secondary N) is 2. The van der Waals surface area contributed by atoms with Gasteiger partial charge < -0.3 is 33.8 Å². The third-order valence-electron chi connectivity index (χ3n) is 13.2. The number of sulfonamides is 1. The van der Waals surface area contributed by atoms with Crippen LogP contribution in [-0.2, 0) is 31.8 Å². The van der Waals surface area contributed by atoms with E-state index >= 15 is 0 Å². The molecule has 5 aromatic carbocycles. The van der Waals surface area contributed by atoms with E-state index in [9.17, 15) is 18.3 Å². The van der Waals surface area contributed by atoms with E-state index in [2.05, 4.69) is 39.3 Å². The average molecular weight is 812 g/mol. The van der Waals surface area contributed by atoms with Crippen molar-refractivity contribution < 1.29 is 32.5 Å². The zero-order chi connectivity index (χ0) is 40.6. The molecular formula is C46H45N5O7S. The lowest BCUT2D eigenvalue weighted by atomic mass is 9.87. The van der Waals surface area contributed by atoms with E-state index < -0.39 is 33.8 Å². The zero-order valence-electron chi connectivity index (χ0n) is 33.2. The maximum absolute atomic E-state index is 14.2. The quantitative estimate of drug-likeness (QED) is 0.137. The van der Waals surface area contributed by atoms with Crippen LogP contribution >= 0.6 is 0 Å². The number of carbonyl (C=O) groups excluding carboxylic acids is 1. The van der Waals surface area contributed by atoms with Gasteiger partial charge in [-0.15, -0.1) is 0 Å². The minimum atomic E-state index is -3.84. The summed E-state index contributed by atoms with van der Waals surface area (Å²) in [6.45, 7) is 12.1. The molecule has 0 radical (unpaired) electrons. The van der Waals surface area contributed by atoms with Gasteiger partial charge in [0.2, 0.25) is 10.0 Å². The number of hydrogen-bond donors (Lipinski definition) is 3. The Hall–Kier alpha value is -5.44. The molecule has 2 aromatic heterocycles. The monoisotopic (exact) mass is 811 g/mol. The molecular weight excluding hydrogens is 767 g/mol. The first-order valence-electron chi connectivity index (χ1n) is 20.4. The van der Waals surface area contributed by atoms with Crippen molar-refractivity contribution in [3.63, 3.8) is 0 Å². The predicted molar refractivity (Wildman–Crippen MR) is 227 cm³/mol. The lowest BCUT2D eigenvalue weighted by Crippen LogP contribution is -2.53. The van der Waals surface area contributed by atoms with E-state index in [-0.39, 0.29) is 36.1 Å². The van der Waals surface area contributed by atoms with E-state index in [0.29, 0.717) is 42.8 Å². The fraction of sp³-hybridized carbons (Fsp3) is 0.326. The SMILES string of the molecule is C=C(OC1CCN(S(=O)(=O)c2cccc3c(C)cccc23)CCN1)[C@@]1(O)C[C@H]2O[C@]1(C)n1c3ccccc3c3c4c(c5c6cc(OCCC)ccc6n2c5c31)C(=O)NC4. The largest absolute Gasteiger partial charge is 0.494 e. The van der Waals surface area contributed by atoms with Gasteiger partial charge in [-0.3, -0.25) is 10.1 Å². The number of nitrogens with zero attached hydrogens (tertiary/aromatic N) is 3. The molecule has 0 aliphatic carbocycles. The molecule has 1 unspecified atom stereocenters. The van der Waals surface area contributed by atoms with Crippen LogP contribution in [-0.4, -0.2) is 70.9 Å². The average Bonchev–Trinajstić information content (AvgIpc) is 3.87. The van der Waals surface area contributed by atoms with Gasteiger partial charge in [0.25, 0.3) is 5.91 Å². The third kappa shape index (κ3) is 4.90. The minimum Gasteiger partial charge on any atom is -0.494 e. The molecule has 7 aromatic rings. The van der Waals surface area contributed by atoms with Gasteiger partial charge in [-0.2, -0.15) is 4.31 Å². The van der Waals surface area contributed by atoms with Crippen LogP contribution in [0.3, 0.4) is 0 Å². The van der Waals surface area contributed by atoms with Crippen LogP contribution in [0.4, 0.5) is 0 Å². The van der Waals surface area contributed by atoms with Crippen molar-refractivity contribution in [2.75, 3.05) is 26.2 Å². The van der Waals surface area contributed by atoms with E-state index in [1.807, 2.05) is 74.5 Å². The number of aromatic nitrogens is 2. The number of ether oxygens (including phenoxy) is 3. The highest BCUT2D eigenvalue weighted by Crippen LogP contribution is 2.59. The summed E-state index contributed by atoms with van der Waals surface area (Å²) < 4.78 is 54.0. The summed E-state index contributed by atoms with van der Waals surface area (Å²) in [4.78, 5) is 14.1. The molecule has 11 rings (SSSR count). The maximum atomic E-state index is 14.2. The number of hydrogen-bond acceptors (Lipinski definition) is 8. The van der Waals surface area contributed by atoms with Crippen molar-refractivity contribution in [1.82, 2.24) is 24.1 Å². The van der Waals surface area contributed by atoms with Gasteiger partial charge in [-0.05, 0) is 67.1 Å². The van der Waals surface area contributed by atoms with Crippen LogP contribution in [0.15, 0.2) is 96.1 Å². The number of aliphatic hydroxyl groups is 1. The highest BCUT2D eigenvalue weighted by atomic mass is 32.2. The second-order valence-electron chi connectivity index (χ2n) is 16.5. The number of amides is 1. The number of para-hydroxylation sites is 1. The Labute approximate surface area is 341 Å². The fourth-order valence-corrected chi connectivity index (χ4v) is 12.1. The Morgan fingerprint density at radius 1 is 0.966 bits per heavy atom. The standard InChI is InChI=1S/C46H45N5O7S/c1-5-22-56-28-16-17-34-32(23-28)40-41-33(25-48-44(41)52)39-31-11-6-7-14-35(31)51-43(39)42(40)50(34)38-24-46(53,45(51,4)58-38)27(3)57-37-18-20-49(21-19-47-37)59(54,55)36-15-9-12-29-26(2)10-8-13-30(29)36/h6-17,23,37-38,47,53H,3,5,18-22,24-25H2,1-2,4H3,(H,48,52)/t37?,38-,45+,46+/m1/s1. The molecule has 302 valence electrons. The van der Waals surface area contributed by atoms with Crippen LogP contribution in [0.2, 0.25) is 0 Å². The van der Waals surface area contributed by atoms with Crippen LogP contribution in [0.5, 0.6) is 5.75 Å². The van der Waals surface area contributed by atoms with Crippen molar-refractivity contribution in [3.8, 4) is 5.75 Å². The lowest BCUT2D eigenvalue weighted by Gasteiger charge is -2.41. The molecule has 4 aliphatic heterocycles. The fourth-order valence-electron chi connectivity index (χ4n) is 10.4. The summed E-state index contributed by atoms with van der Waals surface area (Å²) in [5, 5.41) is 25.0. The molecule has 3 N–H and O–H groups in total. The molecule has 0 saturated carbocycles. The molecule has 4 atom stereocenters. The van der Waals surface area contributed by atoms with E-state index in [4.69, 9.17) is 14.2 Å². The Bertz CT molecular complexity index is 3100. The summed E-state index contributed by atoms with van der Waals surface area (Å²) >= 11 is 0. The molecule has 0 spiro atoms. The summed E-state index contributed by atoms with van der Waals surface area (Å²) in [6.07, 6.45) is -0.0426. The summed E-state index contributed by atoms with van der Waals surface area (Å²) in [7, 11) is -3.84. The summed E-state index contributed by atoms with van der Waals surface area (Å²) in [5.41, 5.74) is 2.82. The first-order chi connectivity index (χ1) is 28.5. The second kappa shape index (κ2) is 12.8. The van der Waals surface area contributed by atoms with E-state index in [0.717, 1.165) is 66.5 Å². The molecule has 4 aliphatic rings. The second-order valence-corrected chi connectivity index (χ2v) is 18.4. The first-order valence-corrected chi connectivity index (χ1v) is 21.9. The molecule has 2 bridgehead atoms. The van der Waals surface area contributed by atoms with Crippen molar-refractivity contribution >= 4 is 70.3 Å². The Balaban J connectivity index is 1.00. The number of aryl methyl sites for hydroxylation is 1. The van der Waals surface area contributed by atoms with E-state index in [1.165, 1.54) is 4.31 Å². The van der Waals surface area contributed by atoms with Crippen LogP contribution < -0.4 is 15.4 Å². The smallest absolute Gasteiger partial charge is 0.252 e.